The molecule has 0 aliphatic rings. The molecular weight excluding hydrogens is 226 g/mol. The minimum atomic E-state index is -0.650. The Labute approximate surface area is 96.1 Å². The van der Waals surface area contributed by atoms with Crippen LogP contribution < -0.4 is 5.32 Å². The molecule has 1 N–H and O–H groups in total. The number of nitrogens with zero attached hydrogens (tertiary/aromatic N) is 1. The molecule has 0 atom stereocenters. The number of aromatic nitrogens is 1. The van der Waals surface area contributed by atoms with Crippen molar-refractivity contribution in [3.05, 3.63) is 59.9 Å². The van der Waals surface area contributed by atoms with Gasteiger partial charge >= 0.3 is 0 Å². The first-order valence-corrected chi connectivity index (χ1v) is 4.83. The number of rotatable bonds is 2. The Morgan fingerprint density at radius 3 is 2.35 bits per heavy atom. The molecule has 0 saturated heterocycles. The van der Waals surface area contributed by atoms with E-state index >= 15 is 0 Å². The fourth-order valence-electron chi connectivity index (χ4n) is 1.25. The first kappa shape index (κ1) is 11.2. The molecule has 2 aromatic rings. The molecule has 86 valence electrons. The van der Waals surface area contributed by atoms with Gasteiger partial charge in [0, 0.05) is 11.9 Å². The molecule has 1 aromatic carbocycles. The van der Waals surface area contributed by atoms with Gasteiger partial charge in [0.2, 0.25) is 5.95 Å². The summed E-state index contributed by atoms with van der Waals surface area (Å²) >= 11 is 0. The van der Waals surface area contributed by atoms with E-state index < -0.39 is 11.9 Å². The van der Waals surface area contributed by atoms with E-state index in [1.807, 2.05) is 0 Å². The fraction of sp³-hybridized carbons (Fsp3) is 0. The summed E-state index contributed by atoms with van der Waals surface area (Å²) in [5.74, 6) is -1.46. The summed E-state index contributed by atoms with van der Waals surface area (Å²) in [6.07, 6.45) is 1.13. The average Bonchev–Trinajstić information content (AvgIpc) is 2.33. The number of carbonyl (C=O) groups excluding carboxylic acids is 1. The first-order valence-electron chi connectivity index (χ1n) is 4.83. The predicted molar refractivity (Wildman–Crippen MR) is 58.5 cm³/mol. The predicted octanol–water partition coefficient (Wildman–Crippen LogP) is 2.61. The normalized spacial score (nSPS) is 10.0. The molecule has 0 saturated carbocycles. The summed E-state index contributed by atoms with van der Waals surface area (Å²) in [7, 11) is 0. The molecule has 1 aromatic heterocycles. The van der Waals surface area contributed by atoms with Gasteiger partial charge in [-0.2, -0.15) is 4.39 Å². The van der Waals surface area contributed by atoms with Gasteiger partial charge in [0.05, 0.1) is 5.56 Å². The zero-order valence-corrected chi connectivity index (χ0v) is 8.65. The van der Waals surface area contributed by atoms with E-state index in [-0.39, 0.29) is 11.4 Å². The first-order chi connectivity index (χ1) is 8.15. The third-order valence-corrected chi connectivity index (χ3v) is 2.09. The van der Waals surface area contributed by atoms with E-state index in [2.05, 4.69) is 10.3 Å². The maximum absolute atomic E-state index is 12.6. The molecule has 0 fully saturated rings. The number of hydrogen-bond acceptors (Lipinski definition) is 2. The minimum Gasteiger partial charge on any atom is -0.322 e. The van der Waals surface area contributed by atoms with Gasteiger partial charge in [0.25, 0.3) is 5.91 Å². The Morgan fingerprint density at radius 2 is 1.76 bits per heavy atom. The van der Waals surface area contributed by atoms with E-state index in [0.717, 1.165) is 12.3 Å². The molecule has 0 aliphatic carbocycles. The summed E-state index contributed by atoms with van der Waals surface area (Å²) in [5.41, 5.74) is 0.691. The molecule has 5 heteroatoms. The minimum absolute atomic E-state index is 0.232. The molecule has 2 rings (SSSR count). The molecule has 1 amide bonds. The molecule has 0 radical (unpaired) electrons. The summed E-state index contributed by atoms with van der Waals surface area (Å²) in [4.78, 5) is 15.0. The second-order valence-electron chi connectivity index (χ2n) is 3.33. The van der Waals surface area contributed by atoms with Gasteiger partial charge in [-0.1, -0.05) is 0 Å². The van der Waals surface area contributed by atoms with Crippen molar-refractivity contribution in [2.24, 2.45) is 0 Å². The van der Waals surface area contributed by atoms with Crippen LogP contribution in [0.25, 0.3) is 0 Å². The van der Waals surface area contributed by atoms with E-state index in [1.165, 1.54) is 30.3 Å². The maximum Gasteiger partial charge on any atom is 0.257 e. The molecule has 1 heterocycles. The van der Waals surface area contributed by atoms with Crippen LogP contribution in [0.5, 0.6) is 0 Å². The SMILES string of the molecule is O=C(Nc1ccc(F)cc1)c1ccc(F)nc1. The summed E-state index contributed by atoms with van der Waals surface area (Å²) in [6.45, 7) is 0. The van der Waals surface area contributed by atoms with Gasteiger partial charge in [0.1, 0.15) is 5.82 Å². The van der Waals surface area contributed by atoms with E-state index in [0.29, 0.717) is 5.69 Å². The highest BCUT2D eigenvalue weighted by Crippen LogP contribution is 2.10. The van der Waals surface area contributed by atoms with Crippen LogP contribution in [0.4, 0.5) is 14.5 Å². The number of nitrogens with one attached hydrogen (secondary N) is 1. The third kappa shape index (κ3) is 2.84. The van der Waals surface area contributed by atoms with Gasteiger partial charge in [-0.15, -0.1) is 0 Å². The number of amides is 1. The van der Waals surface area contributed by atoms with Crippen LogP contribution in [-0.2, 0) is 0 Å². The smallest absolute Gasteiger partial charge is 0.257 e. The molecule has 17 heavy (non-hydrogen) atoms. The van der Waals surface area contributed by atoms with Crippen molar-refractivity contribution in [2.45, 2.75) is 0 Å². The van der Waals surface area contributed by atoms with Crippen molar-refractivity contribution < 1.29 is 13.6 Å². The van der Waals surface area contributed by atoms with E-state index in [1.54, 1.807) is 0 Å². The summed E-state index contributed by atoms with van der Waals surface area (Å²) < 4.78 is 25.2. The Balaban J connectivity index is 2.11. The van der Waals surface area contributed by atoms with Crippen LogP contribution in [0.2, 0.25) is 0 Å². The van der Waals surface area contributed by atoms with Crippen LogP contribution >= 0.6 is 0 Å². The standard InChI is InChI=1S/C12H8F2N2O/c13-9-2-4-10(5-3-9)16-12(17)8-1-6-11(14)15-7-8/h1-7H,(H,16,17). The molecule has 0 spiro atoms. The van der Waals surface area contributed by atoms with Crippen molar-refractivity contribution >= 4 is 11.6 Å². The highest BCUT2D eigenvalue weighted by molar-refractivity contribution is 6.03. The summed E-state index contributed by atoms with van der Waals surface area (Å²) in [6, 6.07) is 7.76. The maximum atomic E-state index is 12.6. The van der Waals surface area contributed by atoms with Gasteiger partial charge in [-0.05, 0) is 36.4 Å². The Kier molecular flexibility index (Phi) is 3.09. The highest BCUT2D eigenvalue weighted by Gasteiger charge is 2.06. The van der Waals surface area contributed by atoms with Crippen LogP contribution in [-0.4, -0.2) is 10.9 Å². The van der Waals surface area contributed by atoms with Gasteiger partial charge < -0.3 is 5.32 Å². The number of carbonyl (C=O) groups is 1. The van der Waals surface area contributed by atoms with Crippen LogP contribution in [0.15, 0.2) is 42.6 Å². The lowest BCUT2D eigenvalue weighted by atomic mass is 10.2. The lowest BCUT2D eigenvalue weighted by Crippen LogP contribution is -2.12. The van der Waals surface area contributed by atoms with Crippen molar-refractivity contribution in [1.82, 2.24) is 4.98 Å². The third-order valence-electron chi connectivity index (χ3n) is 2.09. The van der Waals surface area contributed by atoms with Gasteiger partial charge in [-0.25, -0.2) is 9.37 Å². The van der Waals surface area contributed by atoms with Crippen molar-refractivity contribution in [3.63, 3.8) is 0 Å². The van der Waals surface area contributed by atoms with Crippen LogP contribution in [0.1, 0.15) is 10.4 Å². The Bertz CT molecular complexity index is 523. The molecule has 3 nitrogen and oxygen atoms in total. The summed E-state index contributed by atoms with van der Waals surface area (Å²) in [5, 5.41) is 2.54. The number of hydrogen-bond donors (Lipinski definition) is 1. The fourth-order valence-corrected chi connectivity index (χ4v) is 1.25. The Hall–Kier alpha value is -2.30. The van der Waals surface area contributed by atoms with Crippen molar-refractivity contribution in [2.75, 3.05) is 5.32 Å². The lowest BCUT2D eigenvalue weighted by molar-refractivity contribution is 0.102. The largest absolute Gasteiger partial charge is 0.322 e. The number of benzene rings is 1. The van der Waals surface area contributed by atoms with E-state index in [4.69, 9.17) is 0 Å². The quantitative estimate of drug-likeness (QED) is 0.811. The monoisotopic (exact) mass is 234 g/mol. The van der Waals surface area contributed by atoms with Crippen molar-refractivity contribution in [1.29, 1.82) is 0 Å². The number of halogens is 2. The zero-order valence-electron chi connectivity index (χ0n) is 8.65. The van der Waals surface area contributed by atoms with E-state index in [9.17, 15) is 13.6 Å². The molecule has 0 bridgehead atoms. The highest BCUT2D eigenvalue weighted by atomic mass is 19.1. The lowest BCUT2D eigenvalue weighted by Gasteiger charge is -2.04. The Morgan fingerprint density at radius 1 is 1.06 bits per heavy atom. The molecule has 0 unspecified atom stereocenters. The average molecular weight is 234 g/mol. The number of anilines is 1. The second kappa shape index (κ2) is 4.69. The molecular formula is C12H8F2N2O. The van der Waals surface area contributed by atoms with Gasteiger partial charge in [-0.3, -0.25) is 4.79 Å². The number of pyridine rings is 1. The molecule has 0 aliphatic heterocycles. The van der Waals surface area contributed by atoms with Crippen molar-refractivity contribution in [3.8, 4) is 0 Å². The topological polar surface area (TPSA) is 42.0 Å². The van der Waals surface area contributed by atoms with Crippen LogP contribution in [0, 0.1) is 11.8 Å². The zero-order chi connectivity index (χ0) is 12.3. The second-order valence-corrected chi connectivity index (χ2v) is 3.33. The van der Waals surface area contributed by atoms with Gasteiger partial charge in [0.15, 0.2) is 0 Å². The van der Waals surface area contributed by atoms with Crippen LogP contribution in [0.3, 0.4) is 0 Å².